The van der Waals surface area contributed by atoms with Crippen molar-refractivity contribution >= 4 is 34.2 Å². The van der Waals surface area contributed by atoms with E-state index in [1.807, 2.05) is 11.8 Å². The van der Waals surface area contributed by atoms with E-state index in [0.29, 0.717) is 11.8 Å². The van der Waals surface area contributed by atoms with Crippen LogP contribution in [-0.4, -0.2) is 51.5 Å². The second-order valence-corrected chi connectivity index (χ2v) is 8.38. The van der Waals surface area contributed by atoms with Crippen molar-refractivity contribution < 1.29 is 4.79 Å². The van der Waals surface area contributed by atoms with Gasteiger partial charge in [0.25, 0.3) is 0 Å². The lowest BCUT2D eigenvalue weighted by molar-refractivity contribution is -0.132. The Labute approximate surface area is 132 Å². The van der Waals surface area contributed by atoms with Crippen LogP contribution >= 0.6 is 24.0 Å². The molecule has 0 unspecified atom stereocenters. The monoisotopic (exact) mass is 314 g/mol. The summed E-state index contributed by atoms with van der Waals surface area (Å²) in [6.07, 6.45) is 3.69. The highest BCUT2D eigenvalue weighted by Gasteiger charge is 2.29. The molecule has 0 spiro atoms. The van der Waals surface area contributed by atoms with Gasteiger partial charge in [-0.05, 0) is 38.0 Å². The highest BCUT2D eigenvalue weighted by atomic mass is 32.2. The molecule has 2 aliphatic rings. The topological polar surface area (TPSA) is 23.6 Å². The molecule has 0 aromatic rings. The molecule has 0 saturated carbocycles. The summed E-state index contributed by atoms with van der Waals surface area (Å²) in [7, 11) is 0. The van der Waals surface area contributed by atoms with Gasteiger partial charge >= 0.3 is 0 Å². The van der Waals surface area contributed by atoms with Crippen molar-refractivity contribution in [3.63, 3.8) is 0 Å². The summed E-state index contributed by atoms with van der Waals surface area (Å²) >= 11 is 7.04. The Morgan fingerprint density at radius 1 is 1.15 bits per heavy atom. The van der Waals surface area contributed by atoms with Crippen LogP contribution in [0, 0.1) is 11.8 Å². The second-order valence-electron chi connectivity index (χ2n) is 6.41. The van der Waals surface area contributed by atoms with Crippen LogP contribution in [0.5, 0.6) is 0 Å². The quantitative estimate of drug-likeness (QED) is 0.731. The molecule has 2 aliphatic heterocycles. The Kier molecular flexibility index (Phi) is 5.73. The molecule has 0 aromatic heterocycles. The maximum Gasteiger partial charge on any atom is 0.235 e. The number of likely N-dealkylation sites (tertiary alicyclic amines) is 2. The zero-order chi connectivity index (χ0) is 14.7. The second kappa shape index (κ2) is 7.12. The molecule has 20 heavy (non-hydrogen) atoms. The molecule has 0 aliphatic carbocycles. The Morgan fingerprint density at radius 2 is 1.70 bits per heavy atom. The lowest BCUT2D eigenvalue weighted by Gasteiger charge is -2.36. The molecule has 3 nitrogen and oxygen atoms in total. The van der Waals surface area contributed by atoms with E-state index in [2.05, 4.69) is 18.7 Å². The minimum Gasteiger partial charge on any atom is -0.358 e. The van der Waals surface area contributed by atoms with Crippen molar-refractivity contribution in [2.24, 2.45) is 11.8 Å². The van der Waals surface area contributed by atoms with E-state index >= 15 is 0 Å². The van der Waals surface area contributed by atoms with Gasteiger partial charge in [0, 0.05) is 26.2 Å². The number of carbonyl (C=O) groups is 1. The van der Waals surface area contributed by atoms with Crippen molar-refractivity contribution in [3.8, 4) is 0 Å². The fourth-order valence-corrected chi connectivity index (χ4v) is 4.78. The lowest BCUT2D eigenvalue weighted by atomic mass is 9.92. The van der Waals surface area contributed by atoms with Crippen molar-refractivity contribution in [3.05, 3.63) is 0 Å². The number of amides is 1. The van der Waals surface area contributed by atoms with Crippen LogP contribution in [0.15, 0.2) is 0 Å². The average Bonchev–Trinajstić information content (AvgIpc) is 2.90. The predicted molar refractivity (Wildman–Crippen MR) is 90.0 cm³/mol. The fourth-order valence-electron chi connectivity index (χ4n) is 3.28. The third-order valence-electron chi connectivity index (χ3n) is 4.17. The number of piperidine rings is 1. The smallest absolute Gasteiger partial charge is 0.235 e. The molecule has 2 rings (SSSR count). The Balaban J connectivity index is 1.86. The zero-order valence-electron chi connectivity index (χ0n) is 12.8. The van der Waals surface area contributed by atoms with Crippen LogP contribution in [-0.2, 0) is 4.79 Å². The van der Waals surface area contributed by atoms with E-state index < -0.39 is 0 Å². The molecular weight excluding hydrogens is 288 g/mol. The molecule has 2 heterocycles. The minimum absolute atomic E-state index is 0.0550. The first-order chi connectivity index (χ1) is 9.47. The maximum absolute atomic E-state index is 12.6. The maximum atomic E-state index is 12.6. The van der Waals surface area contributed by atoms with Crippen molar-refractivity contribution in [1.82, 2.24) is 9.80 Å². The largest absolute Gasteiger partial charge is 0.358 e. The third kappa shape index (κ3) is 4.10. The van der Waals surface area contributed by atoms with Gasteiger partial charge in [0.15, 0.2) is 0 Å². The number of hydrogen-bond donors (Lipinski definition) is 0. The molecular formula is C15H26N2OS2. The summed E-state index contributed by atoms with van der Waals surface area (Å²) in [6, 6.07) is 0. The number of thioether (sulfide) groups is 1. The van der Waals surface area contributed by atoms with Crippen molar-refractivity contribution in [1.29, 1.82) is 0 Å². The molecule has 0 N–H and O–H groups in total. The highest BCUT2D eigenvalue weighted by molar-refractivity contribution is 8.23. The normalized spacial score (nSPS) is 28.6. The van der Waals surface area contributed by atoms with Crippen LogP contribution in [0.2, 0.25) is 0 Å². The van der Waals surface area contributed by atoms with Crippen molar-refractivity contribution in [2.45, 2.75) is 45.3 Å². The van der Waals surface area contributed by atoms with E-state index in [1.54, 1.807) is 11.8 Å². The summed E-state index contributed by atoms with van der Waals surface area (Å²) in [5.41, 5.74) is 0. The molecule has 5 heteroatoms. The van der Waals surface area contributed by atoms with Crippen LogP contribution in [0.3, 0.4) is 0 Å². The van der Waals surface area contributed by atoms with Gasteiger partial charge in [-0.2, -0.15) is 0 Å². The Hall–Kier alpha value is -0.290. The van der Waals surface area contributed by atoms with Crippen LogP contribution in [0.1, 0.15) is 40.0 Å². The average molecular weight is 315 g/mol. The van der Waals surface area contributed by atoms with Gasteiger partial charge in [0.05, 0.1) is 5.25 Å². The molecule has 114 valence electrons. The molecule has 2 saturated heterocycles. The van der Waals surface area contributed by atoms with Gasteiger partial charge < -0.3 is 9.80 Å². The number of thiocarbonyl (C=S) groups is 1. The molecule has 2 fully saturated rings. The van der Waals surface area contributed by atoms with E-state index in [-0.39, 0.29) is 11.2 Å². The summed E-state index contributed by atoms with van der Waals surface area (Å²) in [6.45, 7) is 10.4. The fraction of sp³-hybridized carbons (Fsp3) is 0.867. The molecule has 1 amide bonds. The van der Waals surface area contributed by atoms with E-state index in [9.17, 15) is 4.79 Å². The highest BCUT2D eigenvalue weighted by Crippen LogP contribution is 2.25. The number of hydrogen-bond acceptors (Lipinski definition) is 3. The molecule has 3 atom stereocenters. The SMILES string of the molecule is C[C@@H]1C[C@@H](C)CN(C(=O)[C@@H](C)SC(=S)N2CCCC2)C1. The lowest BCUT2D eigenvalue weighted by Crippen LogP contribution is -2.46. The van der Waals surface area contributed by atoms with Crippen LogP contribution in [0.4, 0.5) is 0 Å². The Morgan fingerprint density at radius 3 is 2.25 bits per heavy atom. The minimum atomic E-state index is -0.0550. The summed E-state index contributed by atoms with van der Waals surface area (Å²) in [5, 5.41) is -0.0550. The molecule has 0 radical (unpaired) electrons. The first-order valence-electron chi connectivity index (χ1n) is 7.71. The van der Waals surface area contributed by atoms with Gasteiger partial charge in [-0.25, -0.2) is 0 Å². The van der Waals surface area contributed by atoms with Gasteiger partial charge in [0.2, 0.25) is 5.91 Å². The van der Waals surface area contributed by atoms with E-state index in [4.69, 9.17) is 12.2 Å². The summed E-state index contributed by atoms with van der Waals surface area (Å²) in [5.74, 6) is 1.49. The number of rotatable bonds is 2. The van der Waals surface area contributed by atoms with Crippen LogP contribution in [0.25, 0.3) is 0 Å². The molecule has 0 aromatic carbocycles. The number of carbonyl (C=O) groups excluding carboxylic acids is 1. The number of nitrogens with zero attached hydrogens (tertiary/aromatic N) is 2. The summed E-state index contributed by atoms with van der Waals surface area (Å²) < 4.78 is 0.904. The van der Waals surface area contributed by atoms with Crippen LogP contribution < -0.4 is 0 Å². The van der Waals surface area contributed by atoms with Gasteiger partial charge in [-0.3, -0.25) is 4.79 Å². The first kappa shape index (κ1) is 16.1. The standard InChI is InChI=1S/C15H26N2OS2/c1-11-8-12(2)10-17(9-11)14(18)13(3)20-15(19)16-6-4-5-7-16/h11-13H,4-10H2,1-3H3/t11-,12-,13-/m1/s1. The van der Waals surface area contributed by atoms with Crippen molar-refractivity contribution in [2.75, 3.05) is 26.2 Å². The first-order valence-corrected chi connectivity index (χ1v) is 9.00. The van der Waals surface area contributed by atoms with Gasteiger partial charge in [-0.15, -0.1) is 0 Å². The van der Waals surface area contributed by atoms with E-state index in [0.717, 1.165) is 30.5 Å². The molecule has 0 bridgehead atoms. The van der Waals surface area contributed by atoms with Gasteiger partial charge in [0.1, 0.15) is 4.32 Å². The third-order valence-corrected chi connectivity index (χ3v) is 5.73. The summed E-state index contributed by atoms with van der Waals surface area (Å²) in [4.78, 5) is 16.9. The zero-order valence-corrected chi connectivity index (χ0v) is 14.4. The van der Waals surface area contributed by atoms with E-state index in [1.165, 1.54) is 19.3 Å². The predicted octanol–water partition coefficient (Wildman–Crippen LogP) is 2.99. The van der Waals surface area contributed by atoms with Gasteiger partial charge in [-0.1, -0.05) is 37.8 Å². The Bertz CT molecular complexity index is 359.